The Labute approximate surface area is 161 Å². The summed E-state index contributed by atoms with van der Waals surface area (Å²) >= 11 is 0. The first-order valence-electron chi connectivity index (χ1n) is 9.59. The average Bonchev–Trinajstić information content (AvgIpc) is 2.68. The van der Waals surface area contributed by atoms with E-state index in [1.807, 2.05) is 44.2 Å². The zero-order valence-corrected chi connectivity index (χ0v) is 16.2. The van der Waals surface area contributed by atoms with E-state index in [0.29, 0.717) is 6.54 Å². The number of nitrogens with zero attached hydrogens (tertiary/aromatic N) is 1. The number of hydrogen-bond acceptors (Lipinski definition) is 3. The number of ether oxygens (including phenoxy) is 1. The van der Waals surface area contributed by atoms with Crippen LogP contribution in [-0.4, -0.2) is 30.0 Å². The SMILES string of the molecule is CC(C)Oc1ccc(CNC(=O)C2=CCN(Cc3ccccc3)CC2)cc1. The molecule has 0 saturated heterocycles. The van der Waals surface area contributed by atoms with Crippen molar-refractivity contribution in [2.45, 2.75) is 39.5 Å². The van der Waals surface area contributed by atoms with Gasteiger partial charge in [0.1, 0.15) is 5.75 Å². The second-order valence-electron chi connectivity index (χ2n) is 7.19. The van der Waals surface area contributed by atoms with Gasteiger partial charge in [0.15, 0.2) is 0 Å². The smallest absolute Gasteiger partial charge is 0.247 e. The summed E-state index contributed by atoms with van der Waals surface area (Å²) in [6.45, 7) is 7.21. The lowest BCUT2D eigenvalue weighted by molar-refractivity contribution is -0.117. The van der Waals surface area contributed by atoms with Crippen molar-refractivity contribution in [3.05, 3.63) is 77.4 Å². The summed E-state index contributed by atoms with van der Waals surface area (Å²) in [5.74, 6) is 0.894. The Hall–Kier alpha value is -2.59. The molecule has 4 nitrogen and oxygen atoms in total. The number of benzene rings is 2. The monoisotopic (exact) mass is 364 g/mol. The number of carbonyl (C=O) groups excluding carboxylic acids is 1. The van der Waals surface area contributed by atoms with Gasteiger partial charge >= 0.3 is 0 Å². The highest BCUT2D eigenvalue weighted by molar-refractivity contribution is 5.93. The predicted octanol–water partition coefficient (Wildman–Crippen LogP) is 3.92. The van der Waals surface area contributed by atoms with Gasteiger partial charge in [-0.25, -0.2) is 0 Å². The van der Waals surface area contributed by atoms with Crippen LogP contribution >= 0.6 is 0 Å². The molecule has 1 aliphatic rings. The van der Waals surface area contributed by atoms with Crippen LogP contribution in [0.15, 0.2) is 66.2 Å². The highest BCUT2D eigenvalue weighted by Gasteiger charge is 2.16. The lowest BCUT2D eigenvalue weighted by Gasteiger charge is -2.26. The first-order chi connectivity index (χ1) is 13.1. The molecule has 0 aliphatic carbocycles. The van der Waals surface area contributed by atoms with Crippen LogP contribution in [0.5, 0.6) is 5.75 Å². The molecule has 1 aliphatic heterocycles. The van der Waals surface area contributed by atoms with E-state index in [9.17, 15) is 4.79 Å². The van der Waals surface area contributed by atoms with E-state index >= 15 is 0 Å². The summed E-state index contributed by atoms with van der Waals surface area (Å²) in [5.41, 5.74) is 3.27. The minimum Gasteiger partial charge on any atom is -0.491 e. The maximum Gasteiger partial charge on any atom is 0.247 e. The lowest BCUT2D eigenvalue weighted by Crippen LogP contribution is -2.33. The van der Waals surface area contributed by atoms with Crippen molar-refractivity contribution in [2.75, 3.05) is 13.1 Å². The lowest BCUT2D eigenvalue weighted by atomic mass is 10.1. The number of rotatable bonds is 7. The standard InChI is InChI=1S/C23H28N2O2/c1-18(2)27-22-10-8-19(9-11-22)16-24-23(26)21-12-14-25(15-13-21)17-20-6-4-3-5-7-20/h3-12,18H,13-17H2,1-2H3,(H,24,26). The molecule has 0 bridgehead atoms. The Morgan fingerprint density at radius 2 is 1.81 bits per heavy atom. The molecule has 0 aromatic heterocycles. The average molecular weight is 364 g/mol. The van der Waals surface area contributed by atoms with Gasteiger partial charge in [0.25, 0.3) is 0 Å². The Morgan fingerprint density at radius 3 is 2.44 bits per heavy atom. The van der Waals surface area contributed by atoms with Gasteiger partial charge in [-0.15, -0.1) is 0 Å². The predicted molar refractivity (Wildman–Crippen MR) is 108 cm³/mol. The van der Waals surface area contributed by atoms with Gasteiger partial charge in [-0.3, -0.25) is 9.69 Å². The van der Waals surface area contributed by atoms with Gasteiger partial charge in [-0.2, -0.15) is 0 Å². The fraction of sp³-hybridized carbons (Fsp3) is 0.348. The fourth-order valence-electron chi connectivity index (χ4n) is 3.16. The molecule has 4 heteroatoms. The highest BCUT2D eigenvalue weighted by atomic mass is 16.5. The van der Waals surface area contributed by atoms with Crippen LogP contribution in [0.2, 0.25) is 0 Å². The van der Waals surface area contributed by atoms with Gasteiger partial charge < -0.3 is 10.1 Å². The minimum absolute atomic E-state index is 0.0388. The van der Waals surface area contributed by atoms with Crippen LogP contribution < -0.4 is 10.1 Å². The molecule has 3 rings (SSSR count). The van der Waals surface area contributed by atoms with E-state index in [1.165, 1.54) is 5.56 Å². The third-order valence-electron chi connectivity index (χ3n) is 4.58. The van der Waals surface area contributed by atoms with Gasteiger partial charge in [-0.1, -0.05) is 48.5 Å². The molecule has 2 aromatic carbocycles. The first kappa shape index (κ1) is 19.2. The summed E-state index contributed by atoms with van der Waals surface area (Å²) in [6, 6.07) is 18.3. The largest absolute Gasteiger partial charge is 0.491 e. The number of amides is 1. The molecular weight excluding hydrogens is 336 g/mol. The molecule has 0 radical (unpaired) electrons. The Kier molecular flexibility index (Phi) is 6.66. The van der Waals surface area contributed by atoms with Gasteiger partial charge in [0, 0.05) is 31.8 Å². The molecule has 1 heterocycles. The molecule has 142 valence electrons. The summed E-state index contributed by atoms with van der Waals surface area (Å²) in [4.78, 5) is 14.8. The second kappa shape index (κ2) is 9.38. The van der Waals surface area contributed by atoms with Gasteiger partial charge in [0.05, 0.1) is 6.10 Å². The molecule has 0 spiro atoms. The topological polar surface area (TPSA) is 41.6 Å². The van der Waals surface area contributed by atoms with Crippen molar-refractivity contribution >= 4 is 5.91 Å². The summed E-state index contributed by atoms with van der Waals surface area (Å²) in [6.07, 6.45) is 3.01. The van der Waals surface area contributed by atoms with Crippen LogP contribution in [0.3, 0.4) is 0 Å². The van der Waals surface area contributed by atoms with Crippen molar-refractivity contribution in [3.8, 4) is 5.75 Å². The van der Waals surface area contributed by atoms with Crippen LogP contribution in [0, 0.1) is 0 Å². The quantitative estimate of drug-likeness (QED) is 0.810. The van der Waals surface area contributed by atoms with Crippen LogP contribution in [0.4, 0.5) is 0 Å². The minimum atomic E-state index is 0.0388. The van der Waals surface area contributed by atoms with Gasteiger partial charge in [0.2, 0.25) is 5.91 Å². The van der Waals surface area contributed by atoms with E-state index in [1.54, 1.807) is 0 Å². The normalized spacial score (nSPS) is 14.7. The third kappa shape index (κ3) is 5.97. The first-order valence-corrected chi connectivity index (χ1v) is 9.59. The fourth-order valence-corrected chi connectivity index (χ4v) is 3.16. The van der Waals surface area contributed by atoms with Crippen LogP contribution in [-0.2, 0) is 17.9 Å². The molecule has 1 N–H and O–H groups in total. The van der Waals surface area contributed by atoms with Crippen molar-refractivity contribution in [2.24, 2.45) is 0 Å². The Balaban J connectivity index is 1.46. The van der Waals surface area contributed by atoms with Crippen LogP contribution in [0.25, 0.3) is 0 Å². The summed E-state index contributed by atoms with van der Waals surface area (Å²) in [5, 5.41) is 3.03. The molecule has 2 aromatic rings. The third-order valence-corrected chi connectivity index (χ3v) is 4.58. The molecule has 0 unspecified atom stereocenters. The molecular formula is C23H28N2O2. The number of hydrogen-bond donors (Lipinski definition) is 1. The molecule has 0 fully saturated rings. The van der Waals surface area contributed by atoms with Crippen LogP contribution in [0.1, 0.15) is 31.4 Å². The molecule has 0 saturated carbocycles. The van der Waals surface area contributed by atoms with E-state index in [-0.39, 0.29) is 12.0 Å². The van der Waals surface area contributed by atoms with E-state index in [0.717, 1.165) is 42.9 Å². The van der Waals surface area contributed by atoms with E-state index < -0.39 is 0 Å². The zero-order valence-electron chi connectivity index (χ0n) is 16.2. The van der Waals surface area contributed by atoms with Gasteiger partial charge in [-0.05, 0) is 43.5 Å². The zero-order chi connectivity index (χ0) is 19.1. The van der Waals surface area contributed by atoms with Crippen molar-refractivity contribution < 1.29 is 9.53 Å². The number of nitrogens with one attached hydrogen (secondary N) is 1. The maximum absolute atomic E-state index is 12.4. The van der Waals surface area contributed by atoms with Crippen molar-refractivity contribution in [3.63, 3.8) is 0 Å². The van der Waals surface area contributed by atoms with Crippen molar-refractivity contribution in [1.82, 2.24) is 10.2 Å². The molecule has 1 amide bonds. The number of carbonyl (C=O) groups is 1. The van der Waals surface area contributed by atoms with E-state index in [2.05, 4.69) is 40.6 Å². The van der Waals surface area contributed by atoms with Crippen molar-refractivity contribution in [1.29, 1.82) is 0 Å². The molecule has 0 atom stereocenters. The summed E-state index contributed by atoms with van der Waals surface area (Å²) < 4.78 is 5.64. The highest BCUT2D eigenvalue weighted by Crippen LogP contribution is 2.16. The summed E-state index contributed by atoms with van der Waals surface area (Å²) in [7, 11) is 0. The Morgan fingerprint density at radius 1 is 1.07 bits per heavy atom. The van der Waals surface area contributed by atoms with E-state index in [4.69, 9.17) is 4.74 Å². The second-order valence-corrected chi connectivity index (χ2v) is 7.19. The Bertz CT molecular complexity index is 767. The molecule has 27 heavy (non-hydrogen) atoms. The maximum atomic E-state index is 12.4.